The van der Waals surface area contributed by atoms with Gasteiger partial charge < -0.3 is 14.2 Å². The van der Waals surface area contributed by atoms with Gasteiger partial charge in [0.1, 0.15) is 6.10 Å². The van der Waals surface area contributed by atoms with Crippen molar-refractivity contribution < 1.29 is 14.1 Å². The SMILES string of the molecule is COC(C)c1noc(CN(C)C(=O)c2cnn(C(C)(C)C)c2C)n1. The Hall–Kier alpha value is -2.22. The molecule has 0 aromatic carbocycles. The van der Waals surface area contributed by atoms with Crippen LogP contribution in [0.25, 0.3) is 0 Å². The summed E-state index contributed by atoms with van der Waals surface area (Å²) in [7, 11) is 3.27. The Morgan fingerprint density at radius 2 is 2.12 bits per heavy atom. The van der Waals surface area contributed by atoms with Gasteiger partial charge in [0, 0.05) is 19.9 Å². The Morgan fingerprint density at radius 1 is 1.46 bits per heavy atom. The molecule has 8 heteroatoms. The minimum absolute atomic E-state index is 0.137. The first-order valence-electron chi connectivity index (χ1n) is 7.81. The summed E-state index contributed by atoms with van der Waals surface area (Å²) in [6.45, 7) is 10.1. The molecule has 8 nitrogen and oxygen atoms in total. The Morgan fingerprint density at radius 3 is 2.67 bits per heavy atom. The van der Waals surface area contributed by atoms with E-state index in [1.54, 1.807) is 20.4 Å². The highest BCUT2D eigenvalue weighted by Gasteiger charge is 2.24. The van der Waals surface area contributed by atoms with Crippen LogP contribution in [0.4, 0.5) is 0 Å². The van der Waals surface area contributed by atoms with Gasteiger partial charge in [0.25, 0.3) is 5.91 Å². The lowest BCUT2D eigenvalue weighted by atomic mass is 10.1. The number of aromatic nitrogens is 4. The molecule has 0 aliphatic carbocycles. The van der Waals surface area contributed by atoms with Crippen LogP contribution in [0.2, 0.25) is 0 Å². The molecule has 1 atom stereocenters. The van der Waals surface area contributed by atoms with E-state index in [9.17, 15) is 4.79 Å². The highest BCUT2D eigenvalue weighted by atomic mass is 16.5. The molecular weight excluding hydrogens is 310 g/mol. The van der Waals surface area contributed by atoms with Crippen LogP contribution in [-0.4, -0.2) is 44.9 Å². The van der Waals surface area contributed by atoms with E-state index >= 15 is 0 Å². The van der Waals surface area contributed by atoms with E-state index in [1.807, 2.05) is 39.3 Å². The van der Waals surface area contributed by atoms with Crippen molar-refractivity contribution in [3.8, 4) is 0 Å². The number of carbonyl (C=O) groups excluding carboxylic acids is 1. The van der Waals surface area contributed by atoms with Crippen molar-refractivity contribution in [3.63, 3.8) is 0 Å². The summed E-state index contributed by atoms with van der Waals surface area (Å²) in [5, 5.41) is 8.20. The van der Waals surface area contributed by atoms with Gasteiger partial charge in [-0.2, -0.15) is 10.1 Å². The minimum Gasteiger partial charge on any atom is -0.374 e. The van der Waals surface area contributed by atoms with Gasteiger partial charge in [0.2, 0.25) is 5.89 Å². The van der Waals surface area contributed by atoms with Crippen molar-refractivity contribution in [2.45, 2.75) is 52.8 Å². The molecule has 0 saturated carbocycles. The molecule has 0 fully saturated rings. The quantitative estimate of drug-likeness (QED) is 0.833. The summed E-state index contributed by atoms with van der Waals surface area (Å²) < 4.78 is 12.2. The molecule has 1 amide bonds. The second-order valence-electron chi connectivity index (χ2n) is 6.81. The summed E-state index contributed by atoms with van der Waals surface area (Å²) in [5.41, 5.74) is 1.22. The van der Waals surface area contributed by atoms with Crippen LogP contribution in [0.3, 0.4) is 0 Å². The van der Waals surface area contributed by atoms with Gasteiger partial charge in [-0.15, -0.1) is 0 Å². The summed E-state index contributed by atoms with van der Waals surface area (Å²) >= 11 is 0. The van der Waals surface area contributed by atoms with Crippen LogP contribution in [0, 0.1) is 6.92 Å². The Kier molecular flexibility index (Phi) is 5.08. The smallest absolute Gasteiger partial charge is 0.257 e. The first-order chi connectivity index (χ1) is 11.1. The van der Waals surface area contributed by atoms with Crippen LogP contribution in [0.15, 0.2) is 10.7 Å². The maximum absolute atomic E-state index is 12.7. The van der Waals surface area contributed by atoms with Gasteiger partial charge in [-0.3, -0.25) is 9.48 Å². The highest BCUT2D eigenvalue weighted by molar-refractivity contribution is 5.94. The van der Waals surface area contributed by atoms with Crippen molar-refractivity contribution in [2.24, 2.45) is 0 Å². The van der Waals surface area contributed by atoms with Crippen molar-refractivity contribution in [1.82, 2.24) is 24.8 Å². The lowest BCUT2D eigenvalue weighted by molar-refractivity contribution is 0.0768. The lowest BCUT2D eigenvalue weighted by Gasteiger charge is -2.22. The fraction of sp³-hybridized carbons (Fsp3) is 0.625. The Labute approximate surface area is 141 Å². The highest BCUT2D eigenvalue weighted by Crippen LogP contribution is 2.20. The maximum atomic E-state index is 12.7. The molecule has 24 heavy (non-hydrogen) atoms. The number of amides is 1. The summed E-state index contributed by atoms with van der Waals surface area (Å²) in [6.07, 6.45) is 1.35. The molecule has 0 aliphatic heterocycles. The lowest BCUT2D eigenvalue weighted by Crippen LogP contribution is -2.28. The molecule has 0 radical (unpaired) electrons. The number of methoxy groups -OCH3 is 1. The number of carbonyl (C=O) groups is 1. The molecule has 0 N–H and O–H groups in total. The normalized spacial score (nSPS) is 13.1. The van der Waals surface area contributed by atoms with E-state index in [2.05, 4.69) is 15.2 Å². The van der Waals surface area contributed by atoms with E-state index in [1.165, 1.54) is 4.90 Å². The van der Waals surface area contributed by atoms with E-state index < -0.39 is 0 Å². The molecular formula is C16H25N5O3. The van der Waals surface area contributed by atoms with Crippen LogP contribution in [-0.2, 0) is 16.8 Å². The van der Waals surface area contributed by atoms with Crippen molar-refractivity contribution in [3.05, 3.63) is 29.2 Å². The summed E-state index contributed by atoms with van der Waals surface area (Å²) in [4.78, 5) is 18.4. The molecule has 2 aromatic heterocycles. The number of rotatable bonds is 5. The Balaban J connectivity index is 2.13. The standard InChI is InChI=1S/C16H25N5O3/c1-10-12(8-17-21(10)16(3,4)5)15(22)20(6)9-13-18-14(19-24-13)11(2)23-7/h8,11H,9H2,1-7H3. The molecule has 132 valence electrons. The third kappa shape index (κ3) is 3.64. The van der Waals surface area contributed by atoms with Gasteiger partial charge in [0.15, 0.2) is 5.82 Å². The van der Waals surface area contributed by atoms with E-state index in [0.29, 0.717) is 17.3 Å². The number of ether oxygens (including phenoxy) is 1. The molecule has 2 aromatic rings. The summed E-state index contributed by atoms with van der Waals surface area (Å²) in [6, 6.07) is 0. The molecule has 0 aliphatic rings. The van der Waals surface area contributed by atoms with Crippen molar-refractivity contribution in [1.29, 1.82) is 0 Å². The van der Waals surface area contributed by atoms with Crippen molar-refractivity contribution >= 4 is 5.91 Å². The summed E-state index contributed by atoms with van der Waals surface area (Å²) in [5.74, 6) is 0.693. The zero-order chi connectivity index (χ0) is 18.1. The van der Waals surface area contributed by atoms with Crippen molar-refractivity contribution in [2.75, 3.05) is 14.2 Å². The van der Waals surface area contributed by atoms with Gasteiger partial charge in [0.05, 0.1) is 23.8 Å². The fourth-order valence-corrected chi connectivity index (χ4v) is 2.38. The third-order valence-corrected chi connectivity index (χ3v) is 3.80. The third-order valence-electron chi connectivity index (χ3n) is 3.80. The average Bonchev–Trinajstić information content (AvgIpc) is 3.11. The zero-order valence-corrected chi connectivity index (χ0v) is 15.3. The molecule has 2 rings (SSSR count). The number of hydrogen-bond donors (Lipinski definition) is 0. The monoisotopic (exact) mass is 335 g/mol. The van der Waals surface area contributed by atoms with Gasteiger partial charge >= 0.3 is 0 Å². The van der Waals surface area contributed by atoms with Crippen LogP contribution < -0.4 is 0 Å². The second-order valence-corrected chi connectivity index (χ2v) is 6.81. The molecule has 0 bridgehead atoms. The predicted molar refractivity (Wildman–Crippen MR) is 87.5 cm³/mol. The maximum Gasteiger partial charge on any atom is 0.257 e. The first kappa shape index (κ1) is 18.1. The average molecular weight is 335 g/mol. The fourth-order valence-electron chi connectivity index (χ4n) is 2.38. The van der Waals surface area contributed by atoms with E-state index in [0.717, 1.165) is 5.69 Å². The molecule has 2 heterocycles. The van der Waals surface area contributed by atoms with Gasteiger partial charge in [-0.05, 0) is 34.6 Å². The zero-order valence-electron chi connectivity index (χ0n) is 15.3. The largest absolute Gasteiger partial charge is 0.374 e. The predicted octanol–water partition coefficient (Wildman–Crippen LogP) is 2.31. The van der Waals surface area contributed by atoms with Gasteiger partial charge in [-0.1, -0.05) is 5.16 Å². The Bertz CT molecular complexity index is 714. The van der Waals surface area contributed by atoms with E-state index in [-0.39, 0.29) is 24.1 Å². The van der Waals surface area contributed by atoms with Crippen LogP contribution in [0.1, 0.15) is 61.6 Å². The molecule has 0 spiro atoms. The van der Waals surface area contributed by atoms with E-state index in [4.69, 9.17) is 9.26 Å². The molecule has 1 unspecified atom stereocenters. The second kappa shape index (κ2) is 6.72. The first-order valence-corrected chi connectivity index (χ1v) is 7.81. The minimum atomic E-state index is -0.254. The molecule has 0 saturated heterocycles. The topological polar surface area (TPSA) is 86.3 Å². The van der Waals surface area contributed by atoms with Gasteiger partial charge in [-0.25, -0.2) is 0 Å². The number of nitrogens with zero attached hydrogens (tertiary/aromatic N) is 5. The number of hydrogen-bond acceptors (Lipinski definition) is 6. The van der Waals surface area contributed by atoms with Crippen LogP contribution in [0.5, 0.6) is 0 Å². The van der Waals surface area contributed by atoms with Crippen LogP contribution >= 0.6 is 0 Å².